The first kappa shape index (κ1) is 30.3. The van der Waals surface area contributed by atoms with E-state index < -0.39 is 0 Å². The molecule has 1 aliphatic rings. The van der Waals surface area contributed by atoms with Gasteiger partial charge in [-0.2, -0.15) is 0 Å². The molecule has 2 amide bonds. The topological polar surface area (TPSA) is 86.8 Å². The summed E-state index contributed by atoms with van der Waals surface area (Å²) < 4.78 is 27.6. The van der Waals surface area contributed by atoms with Crippen molar-refractivity contribution in [1.29, 1.82) is 0 Å². The lowest BCUT2D eigenvalue weighted by molar-refractivity contribution is -0.127. The minimum absolute atomic E-state index is 0.126. The lowest BCUT2D eigenvalue weighted by Crippen LogP contribution is -2.50. The highest BCUT2D eigenvalue weighted by Crippen LogP contribution is 2.38. The van der Waals surface area contributed by atoms with E-state index in [2.05, 4.69) is 0 Å². The van der Waals surface area contributed by atoms with Gasteiger partial charge in [0.05, 0.1) is 35.0 Å². The predicted octanol–water partition coefficient (Wildman–Crippen LogP) is 4.93. The molecular formula is C33H38N2O7. The highest BCUT2D eigenvalue weighted by molar-refractivity contribution is 6.00. The van der Waals surface area contributed by atoms with Crippen molar-refractivity contribution in [3.8, 4) is 28.7 Å². The van der Waals surface area contributed by atoms with Gasteiger partial charge in [-0.05, 0) is 47.4 Å². The Morgan fingerprint density at radius 2 is 1.29 bits per heavy atom. The first-order chi connectivity index (χ1) is 20.4. The molecule has 0 unspecified atom stereocenters. The Hall–Kier alpha value is -4.66. The summed E-state index contributed by atoms with van der Waals surface area (Å²) in [6.45, 7) is 4.23. The quantitative estimate of drug-likeness (QED) is 0.300. The van der Waals surface area contributed by atoms with Crippen LogP contribution in [0, 0.1) is 0 Å². The fourth-order valence-corrected chi connectivity index (χ4v) is 4.85. The molecule has 9 nitrogen and oxygen atoms in total. The van der Waals surface area contributed by atoms with Gasteiger partial charge in [-0.1, -0.05) is 43.3 Å². The van der Waals surface area contributed by atoms with Crippen molar-refractivity contribution in [2.24, 2.45) is 0 Å². The summed E-state index contributed by atoms with van der Waals surface area (Å²) in [7, 11) is 6.15. The molecular weight excluding hydrogens is 536 g/mol. The summed E-state index contributed by atoms with van der Waals surface area (Å²) in [5.41, 5.74) is 2.95. The lowest BCUT2D eigenvalue weighted by Gasteiger charge is -2.34. The maximum Gasteiger partial charge on any atom is 0.254 e. The van der Waals surface area contributed by atoms with Gasteiger partial charge in [0, 0.05) is 37.8 Å². The molecule has 0 aromatic heterocycles. The van der Waals surface area contributed by atoms with Gasteiger partial charge < -0.3 is 33.5 Å². The Balaban J connectivity index is 1.53. The zero-order valence-corrected chi connectivity index (χ0v) is 24.8. The summed E-state index contributed by atoms with van der Waals surface area (Å²) in [5, 5.41) is 0. The second kappa shape index (κ2) is 14.3. The predicted molar refractivity (Wildman–Crippen MR) is 161 cm³/mol. The lowest BCUT2D eigenvalue weighted by atomic mass is 9.96. The zero-order valence-electron chi connectivity index (χ0n) is 24.8. The van der Waals surface area contributed by atoms with E-state index in [1.807, 2.05) is 55.5 Å². The number of carbonyl (C=O) groups excluding carboxylic acids is 2. The number of hydrogen-bond acceptors (Lipinski definition) is 7. The van der Waals surface area contributed by atoms with Crippen LogP contribution < -0.4 is 23.7 Å². The van der Waals surface area contributed by atoms with Crippen LogP contribution in [0.2, 0.25) is 0 Å². The second-order valence-electron chi connectivity index (χ2n) is 9.67. The van der Waals surface area contributed by atoms with Crippen LogP contribution in [-0.4, -0.2) is 82.8 Å². The van der Waals surface area contributed by atoms with E-state index in [1.165, 1.54) is 21.3 Å². The van der Waals surface area contributed by atoms with Gasteiger partial charge in [0.2, 0.25) is 11.7 Å². The van der Waals surface area contributed by atoms with Gasteiger partial charge in [0.1, 0.15) is 0 Å². The number of hydrogen-bond donors (Lipinski definition) is 0. The summed E-state index contributed by atoms with van der Waals surface area (Å²) in [5.74, 6) is 2.22. The molecule has 42 heavy (non-hydrogen) atoms. The molecule has 1 saturated heterocycles. The van der Waals surface area contributed by atoms with Gasteiger partial charge in [-0.3, -0.25) is 9.59 Å². The number of piperazine rings is 1. The molecule has 1 fully saturated rings. The SMILES string of the molecule is CCCOc1ccc(/C(=C/C(=O)N2CCN(C(=O)c3cc(OC)c(OC)c(OC)c3)CC2)c2ccccc2)cc1OC. The Bertz CT molecular complexity index is 1390. The highest BCUT2D eigenvalue weighted by atomic mass is 16.5. The van der Waals surface area contributed by atoms with Gasteiger partial charge in [-0.25, -0.2) is 0 Å². The molecule has 0 spiro atoms. The van der Waals surface area contributed by atoms with Crippen LogP contribution in [-0.2, 0) is 4.79 Å². The van der Waals surface area contributed by atoms with E-state index in [0.717, 1.165) is 23.1 Å². The van der Waals surface area contributed by atoms with Crippen LogP contribution in [0.15, 0.2) is 66.7 Å². The molecule has 9 heteroatoms. The molecule has 3 aromatic carbocycles. The number of rotatable bonds is 11. The molecule has 3 aromatic rings. The molecule has 1 heterocycles. The molecule has 0 saturated carbocycles. The molecule has 4 rings (SSSR count). The van der Waals surface area contributed by atoms with Crippen molar-refractivity contribution in [3.63, 3.8) is 0 Å². The molecule has 1 aliphatic heterocycles. The van der Waals surface area contributed by atoms with Crippen LogP contribution in [0.5, 0.6) is 28.7 Å². The van der Waals surface area contributed by atoms with E-state index in [-0.39, 0.29) is 11.8 Å². The molecule has 0 bridgehead atoms. The minimum Gasteiger partial charge on any atom is -0.493 e. The summed E-state index contributed by atoms with van der Waals surface area (Å²) in [6, 6.07) is 18.8. The first-order valence-electron chi connectivity index (χ1n) is 13.9. The molecule has 0 N–H and O–H groups in total. The zero-order chi connectivity index (χ0) is 30.1. The largest absolute Gasteiger partial charge is 0.493 e. The number of nitrogens with zero attached hydrogens (tertiary/aromatic N) is 2. The van der Waals surface area contributed by atoms with Crippen molar-refractivity contribution >= 4 is 17.4 Å². The maximum absolute atomic E-state index is 13.5. The number of amides is 2. The molecule has 222 valence electrons. The van der Waals surface area contributed by atoms with Crippen LogP contribution in [0.4, 0.5) is 0 Å². The van der Waals surface area contributed by atoms with Crippen molar-refractivity contribution in [2.75, 3.05) is 61.2 Å². The average Bonchev–Trinajstić information content (AvgIpc) is 3.05. The van der Waals surface area contributed by atoms with Crippen LogP contribution in [0.3, 0.4) is 0 Å². The van der Waals surface area contributed by atoms with E-state index in [1.54, 1.807) is 35.1 Å². The van der Waals surface area contributed by atoms with Gasteiger partial charge in [0.15, 0.2) is 23.0 Å². The van der Waals surface area contributed by atoms with Crippen molar-refractivity contribution in [2.45, 2.75) is 13.3 Å². The fraction of sp³-hybridized carbons (Fsp3) is 0.333. The van der Waals surface area contributed by atoms with Crippen molar-refractivity contribution in [3.05, 3.63) is 83.4 Å². The Kier molecular flexibility index (Phi) is 10.3. The first-order valence-corrected chi connectivity index (χ1v) is 13.9. The van der Waals surface area contributed by atoms with Gasteiger partial charge >= 0.3 is 0 Å². The third-order valence-corrected chi connectivity index (χ3v) is 7.08. The van der Waals surface area contributed by atoms with E-state index in [9.17, 15) is 9.59 Å². The fourth-order valence-electron chi connectivity index (χ4n) is 4.85. The number of ether oxygens (including phenoxy) is 5. The second-order valence-corrected chi connectivity index (χ2v) is 9.67. The van der Waals surface area contributed by atoms with Crippen LogP contribution >= 0.6 is 0 Å². The monoisotopic (exact) mass is 574 g/mol. The normalized spacial score (nSPS) is 13.4. The smallest absolute Gasteiger partial charge is 0.254 e. The third-order valence-electron chi connectivity index (χ3n) is 7.08. The van der Waals surface area contributed by atoms with Crippen LogP contribution in [0.1, 0.15) is 34.8 Å². The Labute approximate surface area is 247 Å². The number of methoxy groups -OCH3 is 4. The summed E-state index contributed by atoms with van der Waals surface area (Å²) in [6.07, 6.45) is 2.54. The Morgan fingerprint density at radius 3 is 1.86 bits per heavy atom. The Morgan fingerprint density at radius 1 is 0.690 bits per heavy atom. The average molecular weight is 575 g/mol. The standard InChI is InChI=1S/C33H38N2O7/c1-6-18-42-27-13-12-24(19-28(27)38-2)26(23-10-8-7-9-11-23)22-31(36)34-14-16-35(17-15-34)33(37)25-20-29(39-3)32(41-5)30(21-25)40-4/h7-13,19-22H,6,14-18H2,1-5H3/b26-22+. The number of benzene rings is 3. The van der Waals surface area contributed by atoms with Crippen molar-refractivity contribution < 1.29 is 33.3 Å². The summed E-state index contributed by atoms with van der Waals surface area (Å²) >= 11 is 0. The van der Waals surface area contributed by atoms with Gasteiger partial charge in [0.25, 0.3) is 5.91 Å². The van der Waals surface area contributed by atoms with E-state index in [4.69, 9.17) is 23.7 Å². The maximum atomic E-state index is 13.5. The molecule has 0 aliphatic carbocycles. The van der Waals surface area contributed by atoms with Gasteiger partial charge in [-0.15, -0.1) is 0 Å². The van der Waals surface area contributed by atoms with E-state index in [0.29, 0.717) is 67.1 Å². The minimum atomic E-state index is -0.167. The number of carbonyl (C=O) groups is 2. The molecule has 0 radical (unpaired) electrons. The van der Waals surface area contributed by atoms with Crippen molar-refractivity contribution in [1.82, 2.24) is 9.80 Å². The van der Waals surface area contributed by atoms with E-state index >= 15 is 0 Å². The third kappa shape index (κ3) is 6.79. The summed E-state index contributed by atoms with van der Waals surface area (Å²) in [4.78, 5) is 30.4. The molecule has 0 atom stereocenters. The van der Waals surface area contributed by atoms with Crippen LogP contribution in [0.25, 0.3) is 5.57 Å². The highest BCUT2D eigenvalue weighted by Gasteiger charge is 2.26.